The summed E-state index contributed by atoms with van der Waals surface area (Å²) in [5.74, 6) is -1.79. The van der Waals surface area contributed by atoms with Crippen molar-refractivity contribution in [2.24, 2.45) is 0 Å². The van der Waals surface area contributed by atoms with Crippen molar-refractivity contribution < 1.29 is 33.3 Å². The number of ether oxygens (including phenoxy) is 4. The molecule has 0 amide bonds. The number of halogens is 1. The van der Waals surface area contributed by atoms with E-state index in [2.05, 4.69) is 41.2 Å². The van der Waals surface area contributed by atoms with Crippen LogP contribution in [0.1, 0.15) is 32.6 Å². The second-order valence-corrected chi connectivity index (χ2v) is 9.81. The summed E-state index contributed by atoms with van der Waals surface area (Å²) in [7, 11) is 0. The summed E-state index contributed by atoms with van der Waals surface area (Å²) in [6.07, 6.45) is 0.489. The van der Waals surface area contributed by atoms with Gasteiger partial charge in [-0.1, -0.05) is 39.3 Å². The van der Waals surface area contributed by atoms with E-state index in [0.29, 0.717) is 29.1 Å². The Kier molecular flexibility index (Phi) is 7.84. The van der Waals surface area contributed by atoms with Crippen LogP contribution in [0.25, 0.3) is 22.6 Å². The van der Waals surface area contributed by atoms with E-state index >= 15 is 0 Å². The first-order valence-corrected chi connectivity index (χ1v) is 12.9. The van der Waals surface area contributed by atoms with Crippen molar-refractivity contribution in [3.05, 3.63) is 53.2 Å². The van der Waals surface area contributed by atoms with E-state index in [1.54, 1.807) is 15.4 Å². The molecule has 0 radical (unpaired) electrons. The van der Waals surface area contributed by atoms with Gasteiger partial charge in [0.2, 0.25) is 0 Å². The Hall–Kier alpha value is -4.24. The highest BCUT2D eigenvalue weighted by atomic mass is 79.9. The van der Waals surface area contributed by atoms with Gasteiger partial charge >= 0.3 is 17.9 Å². The summed E-state index contributed by atoms with van der Waals surface area (Å²) < 4.78 is 26.4. The molecule has 4 heterocycles. The molecular weight excluding hydrogens is 590 g/mol. The van der Waals surface area contributed by atoms with Gasteiger partial charge in [0.1, 0.15) is 35.9 Å². The molecule has 1 aliphatic rings. The van der Waals surface area contributed by atoms with Crippen molar-refractivity contribution in [2.45, 2.75) is 51.9 Å². The molecule has 4 aromatic rings. The first-order chi connectivity index (χ1) is 19.2. The Morgan fingerprint density at radius 2 is 1.75 bits per heavy atom. The van der Waals surface area contributed by atoms with Gasteiger partial charge in [0.05, 0.1) is 19.1 Å². The third kappa shape index (κ3) is 5.70. The van der Waals surface area contributed by atoms with Gasteiger partial charge in [-0.3, -0.25) is 19.0 Å². The van der Waals surface area contributed by atoms with Crippen LogP contribution in [-0.2, 0) is 39.9 Å². The van der Waals surface area contributed by atoms with Crippen molar-refractivity contribution in [3.63, 3.8) is 0 Å². The molecule has 3 aromatic heterocycles. The number of hydrogen-bond donors (Lipinski definition) is 0. The number of esters is 3. The molecule has 5 rings (SSSR count). The molecule has 4 atom stereocenters. The lowest BCUT2D eigenvalue weighted by Crippen LogP contribution is -2.40. The van der Waals surface area contributed by atoms with Gasteiger partial charge in [0.15, 0.2) is 24.1 Å². The van der Waals surface area contributed by atoms with Crippen LogP contribution in [0.2, 0.25) is 0 Å². The van der Waals surface area contributed by atoms with E-state index in [0.717, 1.165) is 10.0 Å². The molecule has 208 valence electrons. The maximum absolute atomic E-state index is 12.0. The number of carbonyl (C=O) groups is 3. The van der Waals surface area contributed by atoms with E-state index in [-0.39, 0.29) is 6.61 Å². The molecule has 1 aliphatic heterocycles. The van der Waals surface area contributed by atoms with E-state index in [9.17, 15) is 14.4 Å². The largest absolute Gasteiger partial charge is 0.463 e. The summed E-state index contributed by atoms with van der Waals surface area (Å²) in [6, 6.07) is 7.80. The van der Waals surface area contributed by atoms with Crippen LogP contribution >= 0.6 is 15.9 Å². The fourth-order valence-corrected chi connectivity index (χ4v) is 4.84. The number of rotatable bonds is 8. The maximum atomic E-state index is 12.0. The van der Waals surface area contributed by atoms with Gasteiger partial charge < -0.3 is 18.9 Å². The number of imidazole rings is 1. The predicted molar refractivity (Wildman–Crippen MR) is 139 cm³/mol. The molecule has 0 aliphatic carbocycles. The number of aromatic nitrogens is 7. The number of fused-ring (bicyclic) bond motifs is 1. The van der Waals surface area contributed by atoms with Gasteiger partial charge in [0, 0.05) is 25.2 Å². The highest BCUT2D eigenvalue weighted by Crippen LogP contribution is 2.36. The molecule has 0 saturated carbocycles. The molecular formula is C25H24BrN7O7. The van der Waals surface area contributed by atoms with Crippen LogP contribution < -0.4 is 0 Å². The minimum atomic E-state index is -1.08. The summed E-state index contributed by atoms with van der Waals surface area (Å²) in [5, 5.41) is 8.50. The standard InChI is InChI=1S/C25H24BrN7O7/c1-13(34)37-10-19-22(38-14(2)35)23(39-15(3)36)25(40-19)33-12-29-21-20(27-11-28-24(21)33)18-9-32(31-30-18)8-16-6-4-5-7-17(16)26/h4-7,9,11-12,19,22-23,25H,8,10H2,1-3H3/t19-,22-,23-,25-/m1/s1. The first-order valence-electron chi connectivity index (χ1n) is 12.2. The van der Waals surface area contributed by atoms with Crippen LogP contribution in [0.3, 0.4) is 0 Å². The maximum Gasteiger partial charge on any atom is 0.303 e. The third-order valence-electron chi connectivity index (χ3n) is 6.04. The molecule has 0 spiro atoms. The van der Waals surface area contributed by atoms with Crippen molar-refractivity contribution in [3.8, 4) is 11.4 Å². The van der Waals surface area contributed by atoms with E-state index < -0.39 is 42.4 Å². The lowest BCUT2D eigenvalue weighted by molar-refractivity contribution is -0.166. The second-order valence-electron chi connectivity index (χ2n) is 8.95. The molecule has 1 aromatic carbocycles. The molecule has 15 heteroatoms. The van der Waals surface area contributed by atoms with Gasteiger partial charge in [0.25, 0.3) is 0 Å². The Labute approximate surface area is 235 Å². The third-order valence-corrected chi connectivity index (χ3v) is 6.82. The Balaban J connectivity index is 1.48. The lowest BCUT2D eigenvalue weighted by Gasteiger charge is -2.23. The number of carbonyl (C=O) groups excluding carboxylic acids is 3. The highest BCUT2D eigenvalue weighted by molar-refractivity contribution is 9.10. The lowest BCUT2D eigenvalue weighted by atomic mass is 10.1. The molecule has 0 bridgehead atoms. The van der Waals surface area contributed by atoms with E-state index in [4.69, 9.17) is 18.9 Å². The predicted octanol–water partition coefficient (Wildman–Crippen LogP) is 2.22. The Bertz CT molecular complexity index is 1570. The van der Waals surface area contributed by atoms with Crippen LogP contribution in [0, 0.1) is 0 Å². The van der Waals surface area contributed by atoms with Gasteiger partial charge in [-0.15, -0.1) is 5.10 Å². The minimum Gasteiger partial charge on any atom is -0.463 e. The highest BCUT2D eigenvalue weighted by Gasteiger charge is 2.51. The van der Waals surface area contributed by atoms with Crippen molar-refractivity contribution >= 4 is 45.0 Å². The minimum absolute atomic E-state index is 0.227. The fourth-order valence-electron chi connectivity index (χ4n) is 4.43. The number of nitrogens with zero attached hydrogens (tertiary/aromatic N) is 7. The van der Waals surface area contributed by atoms with Crippen LogP contribution in [0.15, 0.2) is 47.6 Å². The fraction of sp³-hybridized carbons (Fsp3) is 0.360. The average Bonchev–Trinajstić information content (AvgIpc) is 3.62. The molecule has 1 fully saturated rings. The zero-order valence-corrected chi connectivity index (χ0v) is 23.2. The second kappa shape index (κ2) is 11.5. The van der Waals surface area contributed by atoms with Crippen LogP contribution in [0.5, 0.6) is 0 Å². The summed E-state index contributed by atoms with van der Waals surface area (Å²) >= 11 is 3.54. The summed E-state index contributed by atoms with van der Waals surface area (Å²) in [6.45, 7) is 3.95. The molecule has 0 N–H and O–H groups in total. The molecule has 14 nitrogen and oxygen atoms in total. The summed E-state index contributed by atoms with van der Waals surface area (Å²) in [4.78, 5) is 48.6. The smallest absolute Gasteiger partial charge is 0.303 e. The number of benzene rings is 1. The van der Waals surface area contributed by atoms with Crippen LogP contribution in [0.4, 0.5) is 0 Å². The zero-order chi connectivity index (χ0) is 28.4. The quantitative estimate of drug-likeness (QED) is 0.210. The van der Waals surface area contributed by atoms with E-state index in [1.165, 1.54) is 33.4 Å². The van der Waals surface area contributed by atoms with Gasteiger partial charge in [-0.05, 0) is 11.6 Å². The van der Waals surface area contributed by atoms with Gasteiger partial charge in [-0.2, -0.15) is 0 Å². The van der Waals surface area contributed by atoms with Crippen molar-refractivity contribution in [1.82, 2.24) is 34.5 Å². The SMILES string of the molecule is CC(=O)OC[C@H]1O[C@@H](n2cnc3c(-c4cn(Cc5ccccc5Br)nn4)ncnc32)[C@H](OC(C)=O)[C@@H]1OC(C)=O. The Morgan fingerprint density at radius 3 is 2.48 bits per heavy atom. The summed E-state index contributed by atoms with van der Waals surface area (Å²) in [5.41, 5.74) is 2.67. The first kappa shape index (κ1) is 27.3. The topological polar surface area (TPSA) is 162 Å². The molecule has 1 saturated heterocycles. The average molecular weight is 614 g/mol. The van der Waals surface area contributed by atoms with E-state index in [1.807, 2.05) is 24.3 Å². The zero-order valence-electron chi connectivity index (χ0n) is 21.6. The van der Waals surface area contributed by atoms with Crippen molar-refractivity contribution in [2.75, 3.05) is 6.61 Å². The normalized spacial score (nSPS) is 20.4. The van der Waals surface area contributed by atoms with Crippen LogP contribution in [-0.4, -0.2) is 77.3 Å². The monoisotopic (exact) mass is 613 g/mol. The number of hydrogen-bond acceptors (Lipinski definition) is 12. The Morgan fingerprint density at radius 1 is 1.00 bits per heavy atom. The van der Waals surface area contributed by atoms with Crippen molar-refractivity contribution in [1.29, 1.82) is 0 Å². The van der Waals surface area contributed by atoms with Gasteiger partial charge in [-0.25, -0.2) is 19.6 Å². The molecule has 0 unspecified atom stereocenters. The molecule has 40 heavy (non-hydrogen) atoms.